The Morgan fingerprint density at radius 3 is 2.27 bits per heavy atom. The highest BCUT2D eigenvalue weighted by Gasteiger charge is 2.28. The molecule has 2 aliphatic rings. The van der Waals surface area contributed by atoms with Gasteiger partial charge in [0, 0.05) is 12.6 Å². The van der Waals surface area contributed by atoms with Gasteiger partial charge in [0.2, 0.25) is 0 Å². The van der Waals surface area contributed by atoms with Crippen molar-refractivity contribution in [1.29, 1.82) is 0 Å². The second-order valence-corrected chi connectivity index (χ2v) is 5.51. The Bertz CT molecular complexity index is 189. The van der Waals surface area contributed by atoms with Crippen LogP contribution in [0, 0.1) is 5.92 Å². The lowest BCUT2D eigenvalue weighted by Crippen LogP contribution is -2.44. The van der Waals surface area contributed by atoms with E-state index in [0.717, 1.165) is 12.3 Å². The van der Waals surface area contributed by atoms with E-state index in [-0.39, 0.29) is 6.10 Å². The first-order valence-electron chi connectivity index (χ1n) is 6.65. The van der Waals surface area contributed by atoms with Gasteiger partial charge in [-0.15, -0.1) is 0 Å². The molecule has 2 aliphatic carbocycles. The standard InChI is InChI=1S/C13H25NO/c1-14(10-11-6-2-3-7-11)12-8-4-5-9-13(12)15/h11-13,15H,2-10H2,1H3/t12-,13-/m1/s1. The molecule has 0 unspecified atom stereocenters. The molecule has 2 atom stereocenters. The van der Waals surface area contributed by atoms with Crippen molar-refractivity contribution in [3.8, 4) is 0 Å². The van der Waals surface area contributed by atoms with Gasteiger partial charge in [-0.05, 0) is 38.6 Å². The number of aliphatic hydroxyl groups excluding tert-OH is 1. The Hall–Kier alpha value is -0.0800. The zero-order valence-corrected chi connectivity index (χ0v) is 9.99. The summed E-state index contributed by atoms with van der Waals surface area (Å²) in [6.45, 7) is 1.21. The van der Waals surface area contributed by atoms with Crippen LogP contribution in [-0.2, 0) is 0 Å². The van der Waals surface area contributed by atoms with Gasteiger partial charge in [-0.25, -0.2) is 0 Å². The first kappa shape index (κ1) is 11.4. The minimum Gasteiger partial charge on any atom is -0.391 e. The van der Waals surface area contributed by atoms with Gasteiger partial charge >= 0.3 is 0 Å². The van der Waals surface area contributed by atoms with Gasteiger partial charge in [-0.3, -0.25) is 0 Å². The largest absolute Gasteiger partial charge is 0.391 e. The fraction of sp³-hybridized carbons (Fsp3) is 1.00. The molecule has 0 bridgehead atoms. The van der Waals surface area contributed by atoms with Crippen molar-refractivity contribution in [2.24, 2.45) is 5.92 Å². The van der Waals surface area contributed by atoms with Crippen molar-refractivity contribution in [3.63, 3.8) is 0 Å². The van der Waals surface area contributed by atoms with Gasteiger partial charge in [0.25, 0.3) is 0 Å². The van der Waals surface area contributed by atoms with Gasteiger partial charge < -0.3 is 10.0 Å². The third-order valence-electron chi connectivity index (χ3n) is 4.28. The normalized spacial score (nSPS) is 33.8. The van der Waals surface area contributed by atoms with Crippen LogP contribution in [0.15, 0.2) is 0 Å². The monoisotopic (exact) mass is 211 g/mol. The van der Waals surface area contributed by atoms with Crippen LogP contribution in [0.1, 0.15) is 51.4 Å². The summed E-state index contributed by atoms with van der Waals surface area (Å²) in [5, 5.41) is 9.97. The topological polar surface area (TPSA) is 23.5 Å². The molecule has 0 aromatic carbocycles. The maximum atomic E-state index is 9.97. The maximum absolute atomic E-state index is 9.97. The predicted octanol–water partition coefficient (Wildman–Crippen LogP) is 2.41. The fourth-order valence-corrected chi connectivity index (χ4v) is 3.34. The predicted molar refractivity (Wildman–Crippen MR) is 62.9 cm³/mol. The molecule has 0 radical (unpaired) electrons. The van der Waals surface area contributed by atoms with E-state index in [1.54, 1.807) is 0 Å². The van der Waals surface area contributed by atoms with Crippen LogP contribution in [0.4, 0.5) is 0 Å². The van der Waals surface area contributed by atoms with E-state index < -0.39 is 0 Å². The summed E-state index contributed by atoms with van der Waals surface area (Å²) >= 11 is 0. The Labute approximate surface area is 93.7 Å². The molecular formula is C13H25NO. The molecule has 0 saturated heterocycles. The number of hydrogen-bond acceptors (Lipinski definition) is 2. The number of rotatable bonds is 3. The molecule has 88 valence electrons. The summed E-state index contributed by atoms with van der Waals surface area (Å²) in [4.78, 5) is 2.43. The highest BCUT2D eigenvalue weighted by molar-refractivity contribution is 4.83. The van der Waals surface area contributed by atoms with Crippen molar-refractivity contribution >= 4 is 0 Å². The SMILES string of the molecule is CN(CC1CCCC1)[C@@H]1CCCC[C@H]1O. The zero-order chi connectivity index (χ0) is 10.7. The second kappa shape index (κ2) is 5.31. The summed E-state index contributed by atoms with van der Waals surface area (Å²) in [6, 6.07) is 0.444. The molecule has 2 heteroatoms. The van der Waals surface area contributed by atoms with E-state index in [1.807, 2.05) is 0 Å². The summed E-state index contributed by atoms with van der Waals surface area (Å²) in [5.41, 5.74) is 0. The lowest BCUT2D eigenvalue weighted by atomic mass is 9.91. The number of hydrogen-bond donors (Lipinski definition) is 1. The van der Waals surface area contributed by atoms with Crippen LogP contribution >= 0.6 is 0 Å². The van der Waals surface area contributed by atoms with E-state index in [4.69, 9.17) is 0 Å². The summed E-state index contributed by atoms with van der Waals surface area (Å²) < 4.78 is 0. The van der Waals surface area contributed by atoms with Gasteiger partial charge in [-0.1, -0.05) is 25.7 Å². The molecule has 2 rings (SSSR count). The second-order valence-electron chi connectivity index (χ2n) is 5.51. The molecular weight excluding hydrogens is 186 g/mol. The molecule has 0 aliphatic heterocycles. The Balaban J connectivity index is 1.80. The fourth-order valence-electron chi connectivity index (χ4n) is 3.34. The van der Waals surface area contributed by atoms with Gasteiger partial charge in [0.1, 0.15) is 0 Å². The third-order valence-corrected chi connectivity index (χ3v) is 4.28. The van der Waals surface area contributed by atoms with Crippen molar-refractivity contribution < 1.29 is 5.11 Å². The van der Waals surface area contributed by atoms with Gasteiger partial charge in [0.15, 0.2) is 0 Å². The van der Waals surface area contributed by atoms with Crippen LogP contribution in [0.5, 0.6) is 0 Å². The van der Waals surface area contributed by atoms with E-state index in [1.165, 1.54) is 51.5 Å². The van der Waals surface area contributed by atoms with Crippen LogP contribution < -0.4 is 0 Å². The first-order valence-corrected chi connectivity index (χ1v) is 6.65. The highest BCUT2D eigenvalue weighted by atomic mass is 16.3. The highest BCUT2D eigenvalue weighted by Crippen LogP contribution is 2.28. The molecule has 0 aromatic heterocycles. The van der Waals surface area contributed by atoms with Crippen LogP contribution in [-0.4, -0.2) is 35.7 Å². The first-order chi connectivity index (χ1) is 7.27. The Kier molecular flexibility index (Phi) is 4.04. The van der Waals surface area contributed by atoms with E-state index in [0.29, 0.717) is 6.04 Å². The van der Waals surface area contributed by atoms with Crippen molar-refractivity contribution in [2.75, 3.05) is 13.6 Å². The van der Waals surface area contributed by atoms with Crippen molar-refractivity contribution in [1.82, 2.24) is 4.90 Å². The van der Waals surface area contributed by atoms with Crippen LogP contribution in [0.2, 0.25) is 0 Å². The minimum absolute atomic E-state index is 0.0647. The Morgan fingerprint density at radius 1 is 1.00 bits per heavy atom. The molecule has 15 heavy (non-hydrogen) atoms. The number of nitrogens with zero attached hydrogens (tertiary/aromatic N) is 1. The molecule has 2 nitrogen and oxygen atoms in total. The molecule has 2 saturated carbocycles. The zero-order valence-electron chi connectivity index (χ0n) is 9.99. The van der Waals surface area contributed by atoms with E-state index in [9.17, 15) is 5.11 Å². The summed E-state index contributed by atoms with van der Waals surface area (Å²) in [6.07, 6.45) is 10.3. The number of likely N-dealkylation sites (N-methyl/N-ethyl adjacent to an activating group) is 1. The summed E-state index contributed by atoms with van der Waals surface area (Å²) in [5.74, 6) is 0.907. The lowest BCUT2D eigenvalue weighted by Gasteiger charge is -2.36. The Morgan fingerprint density at radius 2 is 1.60 bits per heavy atom. The molecule has 1 N–H and O–H groups in total. The van der Waals surface area contributed by atoms with Crippen molar-refractivity contribution in [3.05, 3.63) is 0 Å². The quantitative estimate of drug-likeness (QED) is 0.775. The minimum atomic E-state index is -0.0647. The third kappa shape index (κ3) is 2.94. The molecule has 0 amide bonds. The lowest BCUT2D eigenvalue weighted by molar-refractivity contribution is 0.0261. The average molecular weight is 211 g/mol. The van der Waals surface area contributed by atoms with Crippen LogP contribution in [0.3, 0.4) is 0 Å². The number of aliphatic hydroxyl groups is 1. The van der Waals surface area contributed by atoms with E-state index >= 15 is 0 Å². The van der Waals surface area contributed by atoms with Gasteiger partial charge in [-0.2, -0.15) is 0 Å². The van der Waals surface area contributed by atoms with Gasteiger partial charge in [0.05, 0.1) is 6.10 Å². The summed E-state index contributed by atoms with van der Waals surface area (Å²) in [7, 11) is 2.21. The van der Waals surface area contributed by atoms with Crippen LogP contribution in [0.25, 0.3) is 0 Å². The average Bonchev–Trinajstić information content (AvgIpc) is 2.71. The molecule has 0 aromatic rings. The van der Waals surface area contributed by atoms with Crippen molar-refractivity contribution in [2.45, 2.75) is 63.5 Å². The smallest absolute Gasteiger partial charge is 0.0695 e. The molecule has 0 spiro atoms. The molecule has 0 heterocycles. The maximum Gasteiger partial charge on any atom is 0.0695 e. The molecule has 2 fully saturated rings. The van der Waals surface area contributed by atoms with E-state index in [2.05, 4.69) is 11.9 Å².